The number of pyridine rings is 1. The molecule has 3 rings (SSSR count). The van der Waals surface area contributed by atoms with Crippen molar-refractivity contribution < 1.29 is 14.3 Å². The number of amides is 1. The van der Waals surface area contributed by atoms with Gasteiger partial charge < -0.3 is 10.1 Å². The summed E-state index contributed by atoms with van der Waals surface area (Å²) in [7, 11) is 0. The number of hydrogen-bond donors (Lipinski definition) is 1. The SMILES string of the molecule is CC(C)n1nccc1NC(=O)COC(=O)/C=C/c1ccc2ccccc2n1. The van der Waals surface area contributed by atoms with Gasteiger partial charge in [-0.2, -0.15) is 5.10 Å². The normalized spacial score (nSPS) is 11.2. The van der Waals surface area contributed by atoms with Crippen LogP contribution in [0.1, 0.15) is 25.6 Å². The van der Waals surface area contributed by atoms with Crippen LogP contribution in [0, 0.1) is 0 Å². The second-order valence-corrected chi connectivity index (χ2v) is 6.17. The quantitative estimate of drug-likeness (QED) is 0.536. The minimum atomic E-state index is -0.613. The number of anilines is 1. The van der Waals surface area contributed by atoms with Crippen LogP contribution >= 0.6 is 0 Å². The van der Waals surface area contributed by atoms with Crippen LogP contribution in [-0.2, 0) is 14.3 Å². The molecule has 3 aromatic rings. The predicted octanol–water partition coefficient (Wildman–Crippen LogP) is 3.21. The zero-order valence-corrected chi connectivity index (χ0v) is 15.1. The highest BCUT2D eigenvalue weighted by molar-refractivity contribution is 5.94. The second kappa shape index (κ2) is 8.27. The molecule has 0 bridgehead atoms. The van der Waals surface area contributed by atoms with Crippen LogP contribution in [0.2, 0.25) is 0 Å². The number of carbonyl (C=O) groups excluding carboxylic acids is 2. The highest BCUT2D eigenvalue weighted by Gasteiger charge is 2.10. The Morgan fingerprint density at radius 2 is 2.00 bits per heavy atom. The molecule has 0 aliphatic heterocycles. The predicted molar refractivity (Wildman–Crippen MR) is 103 cm³/mol. The molecule has 0 atom stereocenters. The number of ether oxygens (including phenoxy) is 1. The second-order valence-electron chi connectivity index (χ2n) is 6.17. The van der Waals surface area contributed by atoms with Crippen LogP contribution in [0.3, 0.4) is 0 Å². The summed E-state index contributed by atoms with van der Waals surface area (Å²) < 4.78 is 6.64. The molecule has 0 fully saturated rings. The molecule has 1 amide bonds. The Hall–Kier alpha value is -3.48. The number of hydrogen-bond acceptors (Lipinski definition) is 5. The van der Waals surface area contributed by atoms with Gasteiger partial charge in [0.2, 0.25) is 0 Å². The maximum atomic E-state index is 11.9. The Labute approximate surface area is 156 Å². The van der Waals surface area contributed by atoms with E-state index in [0.29, 0.717) is 11.5 Å². The third-order valence-electron chi connectivity index (χ3n) is 3.78. The number of nitrogens with one attached hydrogen (secondary N) is 1. The number of fused-ring (bicyclic) bond motifs is 1. The average Bonchev–Trinajstić information content (AvgIpc) is 3.13. The lowest BCUT2D eigenvalue weighted by Crippen LogP contribution is -2.22. The molecule has 2 aromatic heterocycles. The van der Waals surface area contributed by atoms with E-state index in [9.17, 15) is 9.59 Å². The lowest BCUT2D eigenvalue weighted by Gasteiger charge is -2.11. The highest BCUT2D eigenvalue weighted by Crippen LogP contribution is 2.13. The Morgan fingerprint density at radius 1 is 1.19 bits per heavy atom. The smallest absolute Gasteiger partial charge is 0.331 e. The van der Waals surface area contributed by atoms with Gasteiger partial charge in [0.05, 0.1) is 17.4 Å². The molecule has 7 nitrogen and oxygen atoms in total. The summed E-state index contributed by atoms with van der Waals surface area (Å²) in [6, 6.07) is 13.2. The summed E-state index contributed by atoms with van der Waals surface area (Å²) in [6.07, 6.45) is 4.41. The van der Waals surface area contributed by atoms with E-state index in [1.54, 1.807) is 23.0 Å². The summed E-state index contributed by atoms with van der Waals surface area (Å²) in [4.78, 5) is 28.2. The minimum absolute atomic E-state index is 0.107. The third-order valence-corrected chi connectivity index (χ3v) is 3.78. The van der Waals surface area contributed by atoms with Crippen LogP contribution in [0.5, 0.6) is 0 Å². The number of aromatic nitrogens is 3. The molecule has 1 N–H and O–H groups in total. The van der Waals surface area contributed by atoms with Crippen molar-refractivity contribution in [2.45, 2.75) is 19.9 Å². The molecule has 0 saturated heterocycles. The highest BCUT2D eigenvalue weighted by atomic mass is 16.5. The molecule has 1 aromatic carbocycles. The molecule has 0 unspecified atom stereocenters. The van der Waals surface area contributed by atoms with Crippen molar-refractivity contribution >= 4 is 34.7 Å². The van der Waals surface area contributed by atoms with Crippen molar-refractivity contribution in [2.75, 3.05) is 11.9 Å². The number of para-hydroxylation sites is 1. The van der Waals surface area contributed by atoms with Gasteiger partial charge in [0.1, 0.15) is 5.82 Å². The lowest BCUT2D eigenvalue weighted by molar-refractivity contribution is -0.142. The van der Waals surface area contributed by atoms with Crippen molar-refractivity contribution in [3.05, 3.63) is 60.4 Å². The van der Waals surface area contributed by atoms with Crippen LogP contribution in [0.4, 0.5) is 5.82 Å². The van der Waals surface area contributed by atoms with E-state index < -0.39 is 11.9 Å². The van der Waals surface area contributed by atoms with Crippen molar-refractivity contribution in [1.82, 2.24) is 14.8 Å². The molecular formula is C20H20N4O3. The van der Waals surface area contributed by atoms with E-state index >= 15 is 0 Å². The lowest BCUT2D eigenvalue weighted by atomic mass is 10.2. The number of nitrogens with zero attached hydrogens (tertiary/aromatic N) is 3. The van der Waals surface area contributed by atoms with E-state index in [2.05, 4.69) is 15.4 Å². The number of carbonyl (C=O) groups is 2. The molecule has 0 saturated carbocycles. The van der Waals surface area contributed by atoms with Gasteiger partial charge in [-0.1, -0.05) is 24.3 Å². The first kappa shape index (κ1) is 18.3. The topological polar surface area (TPSA) is 86.1 Å². The van der Waals surface area contributed by atoms with Crippen LogP contribution in [-0.4, -0.2) is 33.2 Å². The van der Waals surface area contributed by atoms with E-state index in [1.165, 1.54) is 6.08 Å². The monoisotopic (exact) mass is 364 g/mol. The van der Waals surface area contributed by atoms with Gasteiger partial charge in [-0.15, -0.1) is 0 Å². The largest absolute Gasteiger partial charge is 0.452 e. The number of rotatable bonds is 6. The Kier molecular flexibility index (Phi) is 5.61. The molecule has 0 aliphatic carbocycles. The Bertz CT molecular complexity index is 992. The van der Waals surface area contributed by atoms with E-state index in [4.69, 9.17) is 4.74 Å². The van der Waals surface area contributed by atoms with E-state index in [-0.39, 0.29) is 12.6 Å². The molecule has 2 heterocycles. The van der Waals surface area contributed by atoms with Gasteiger partial charge in [-0.3, -0.25) is 4.79 Å². The average molecular weight is 364 g/mol. The van der Waals surface area contributed by atoms with Crippen molar-refractivity contribution in [2.24, 2.45) is 0 Å². The third kappa shape index (κ3) is 4.78. The molecule has 27 heavy (non-hydrogen) atoms. The summed E-state index contributed by atoms with van der Waals surface area (Å²) in [5.74, 6) is -0.484. The van der Waals surface area contributed by atoms with Gasteiger partial charge in [0.15, 0.2) is 6.61 Å². The van der Waals surface area contributed by atoms with Gasteiger partial charge in [-0.05, 0) is 32.1 Å². The van der Waals surface area contributed by atoms with Crippen molar-refractivity contribution in [3.8, 4) is 0 Å². The number of benzene rings is 1. The molecule has 138 valence electrons. The molecular weight excluding hydrogens is 344 g/mol. The molecule has 7 heteroatoms. The minimum Gasteiger partial charge on any atom is -0.452 e. The fourth-order valence-electron chi connectivity index (χ4n) is 2.52. The molecule has 0 aliphatic rings. The van der Waals surface area contributed by atoms with Crippen molar-refractivity contribution in [1.29, 1.82) is 0 Å². The summed E-state index contributed by atoms with van der Waals surface area (Å²) in [6.45, 7) is 3.53. The molecule has 0 radical (unpaired) electrons. The van der Waals surface area contributed by atoms with E-state index in [0.717, 1.165) is 10.9 Å². The Balaban J connectivity index is 1.53. The number of esters is 1. The first-order valence-electron chi connectivity index (χ1n) is 8.57. The first-order valence-corrected chi connectivity index (χ1v) is 8.57. The summed E-state index contributed by atoms with van der Waals surface area (Å²) in [5, 5.41) is 7.82. The first-order chi connectivity index (χ1) is 13.0. The van der Waals surface area contributed by atoms with Gasteiger partial charge in [0, 0.05) is 23.6 Å². The van der Waals surface area contributed by atoms with Crippen LogP contribution in [0.25, 0.3) is 17.0 Å². The van der Waals surface area contributed by atoms with Crippen LogP contribution in [0.15, 0.2) is 54.7 Å². The zero-order chi connectivity index (χ0) is 19.2. The molecule has 0 spiro atoms. The van der Waals surface area contributed by atoms with Crippen LogP contribution < -0.4 is 5.32 Å². The standard InChI is InChI=1S/C20H20N4O3/c1-14(2)24-18(11-12-21-24)23-19(25)13-27-20(26)10-9-16-8-7-15-5-3-4-6-17(15)22-16/h3-12,14H,13H2,1-2H3,(H,23,25)/b10-9+. The fourth-order valence-corrected chi connectivity index (χ4v) is 2.52. The van der Waals surface area contributed by atoms with E-state index in [1.807, 2.05) is 50.2 Å². The summed E-state index contributed by atoms with van der Waals surface area (Å²) in [5.41, 5.74) is 1.48. The van der Waals surface area contributed by atoms with Gasteiger partial charge >= 0.3 is 5.97 Å². The Morgan fingerprint density at radius 3 is 2.81 bits per heavy atom. The maximum absolute atomic E-state index is 11.9. The fraction of sp³-hybridized carbons (Fsp3) is 0.200. The zero-order valence-electron chi connectivity index (χ0n) is 15.1. The van der Waals surface area contributed by atoms with Gasteiger partial charge in [-0.25, -0.2) is 14.5 Å². The van der Waals surface area contributed by atoms with Gasteiger partial charge in [0.25, 0.3) is 5.91 Å². The summed E-state index contributed by atoms with van der Waals surface area (Å²) >= 11 is 0. The van der Waals surface area contributed by atoms with Crippen molar-refractivity contribution in [3.63, 3.8) is 0 Å². The maximum Gasteiger partial charge on any atom is 0.331 e.